The summed E-state index contributed by atoms with van der Waals surface area (Å²) in [5.41, 5.74) is 0.966. The van der Waals surface area contributed by atoms with Crippen molar-refractivity contribution in [2.45, 2.75) is 0 Å². The van der Waals surface area contributed by atoms with Gasteiger partial charge in [0.1, 0.15) is 0 Å². The number of fused-ring (bicyclic) bond motifs is 1. The van der Waals surface area contributed by atoms with Gasteiger partial charge < -0.3 is 10.2 Å². The molecule has 0 aliphatic carbocycles. The van der Waals surface area contributed by atoms with Crippen molar-refractivity contribution < 1.29 is 10.2 Å². The zero-order valence-electron chi connectivity index (χ0n) is 10.7. The number of hydrogen-bond donors (Lipinski definition) is 2. The summed E-state index contributed by atoms with van der Waals surface area (Å²) in [5, 5.41) is 29.0. The second kappa shape index (κ2) is 5.38. The van der Waals surface area contributed by atoms with Gasteiger partial charge in [-0.15, -0.1) is 5.11 Å². The summed E-state index contributed by atoms with van der Waals surface area (Å²) in [6.45, 7) is 0. The van der Waals surface area contributed by atoms with Crippen molar-refractivity contribution in [1.29, 1.82) is 0 Å². The number of rotatable bonds is 2. The molecule has 1 aromatic heterocycles. The lowest BCUT2D eigenvalue weighted by Gasteiger charge is -2.04. The van der Waals surface area contributed by atoms with Crippen LogP contribution in [0.15, 0.2) is 58.8 Å². The second-order valence-corrected chi connectivity index (χ2v) is 4.76. The number of benzene rings is 2. The number of hydrogen-bond acceptors (Lipinski definition) is 5. The van der Waals surface area contributed by atoms with E-state index in [1.165, 1.54) is 0 Å². The van der Waals surface area contributed by atoms with Crippen molar-refractivity contribution in [3.63, 3.8) is 0 Å². The van der Waals surface area contributed by atoms with Gasteiger partial charge in [0, 0.05) is 10.4 Å². The van der Waals surface area contributed by atoms with E-state index in [0.717, 1.165) is 0 Å². The predicted molar refractivity (Wildman–Crippen MR) is 80.7 cm³/mol. The quantitative estimate of drug-likeness (QED) is 0.672. The normalized spacial score (nSPS) is 11.3. The van der Waals surface area contributed by atoms with Gasteiger partial charge >= 0.3 is 0 Å². The van der Waals surface area contributed by atoms with Crippen molar-refractivity contribution in [3.05, 3.63) is 53.6 Å². The highest BCUT2D eigenvalue weighted by Gasteiger charge is 2.13. The number of halogens is 1. The molecule has 0 atom stereocenters. The van der Waals surface area contributed by atoms with E-state index in [0.29, 0.717) is 21.6 Å². The maximum Gasteiger partial charge on any atom is 0.243 e. The van der Waals surface area contributed by atoms with Crippen LogP contribution in [-0.2, 0) is 0 Å². The van der Waals surface area contributed by atoms with E-state index in [1.807, 2.05) is 0 Å². The highest BCUT2D eigenvalue weighted by Crippen LogP contribution is 2.40. The van der Waals surface area contributed by atoms with Gasteiger partial charge in [0.25, 0.3) is 0 Å². The van der Waals surface area contributed by atoms with E-state index in [9.17, 15) is 10.2 Å². The SMILES string of the molecule is Oc1nc2ccccc2c(O)c1N=Nc1ccc(Cl)cc1. The third-order valence-electron chi connectivity index (χ3n) is 2.91. The van der Waals surface area contributed by atoms with Crippen LogP contribution in [0.2, 0.25) is 5.02 Å². The van der Waals surface area contributed by atoms with Crippen LogP contribution in [0.4, 0.5) is 11.4 Å². The minimum Gasteiger partial charge on any atom is -0.505 e. The summed E-state index contributed by atoms with van der Waals surface area (Å²) < 4.78 is 0. The molecule has 0 saturated carbocycles. The Balaban J connectivity index is 2.06. The number of nitrogens with zero attached hydrogens (tertiary/aromatic N) is 3. The van der Waals surface area contributed by atoms with Crippen LogP contribution in [0.5, 0.6) is 11.6 Å². The molecule has 0 aliphatic heterocycles. The molecule has 6 heteroatoms. The van der Waals surface area contributed by atoms with Crippen LogP contribution in [0, 0.1) is 0 Å². The van der Waals surface area contributed by atoms with E-state index in [1.54, 1.807) is 48.5 Å². The van der Waals surface area contributed by atoms with Gasteiger partial charge in [-0.05, 0) is 36.4 Å². The van der Waals surface area contributed by atoms with Crippen molar-refractivity contribution in [1.82, 2.24) is 4.98 Å². The Morgan fingerprint density at radius 3 is 2.38 bits per heavy atom. The van der Waals surface area contributed by atoms with E-state index in [-0.39, 0.29) is 17.3 Å². The zero-order chi connectivity index (χ0) is 14.8. The number of azo groups is 1. The van der Waals surface area contributed by atoms with Crippen LogP contribution < -0.4 is 0 Å². The first kappa shape index (κ1) is 13.3. The minimum absolute atomic E-state index is 0.0661. The molecule has 0 bridgehead atoms. The topological polar surface area (TPSA) is 78.1 Å². The number of pyridine rings is 1. The predicted octanol–water partition coefficient (Wildman–Crippen LogP) is 4.71. The summed E-state index contributed by atoms with van der Waals surface area (Å²) >= 11 is 5.78. The summed E-state index contributed by atoms with van der Waals surface area (Å²) in [6, 6.07) is 13.6. The van der Waals surface area contributed by atoms with Crippen LogP contribution in [-0.4, -0.2) is 15.2 Å². The molecule has 2 aromatic carbocycles. The number of aromatic nitrogens is 1. The van der Waals surface area contributed by atoms with Crippen molar-refractivity contribution in [3.8, 4) is 11.6 Å². The maximum absolute atomic E-state index is 10.2. The summed E-state index contributed by atoms with van der Waals surface area (Å²) in [5.74, 6) is -0.528. The maximum atomic E-state index is 10.2. The van der Waals surface area contributed by atoms with E-state index in [2.05, 4.69) is 15.2 Å². The third-order valence-corrected chi connectivity index (χ3v) is 3.17. The Morgan fingerprint density at radius 2 is 1.62 bits per heavy atom. The van der Waals surface area contributed by atoms with Gasteiger partial charge in [-0.25, -0.2) is 4.98 Å². The minimum atomic E-state index is -0.371. The van der Waals surface area contributed by atoms with Crippen molar-refractivity contribution >= 4 is 33.9 Å². The van der Waals surface area contributed by atoms with E-state index < -0.39 is 0 Å². The van der Waals surface area contributed by atoms with Crippen LogP contribution in [0.1, 0.15) is 0 Å². The monoisotopic (exact) mass is 299 g/mol. The molecule has 0 aliphatic rings. The average Bonchev–Trinajstić information content (AvgIpc) is 2.49. The lowest BCUT2D eigenvalue weighted by atomic mass is 10.2. The van der Waals surface area contributed by atoms with Gasteiger partial charge in [-0.1, -0.05) is 23.7 Å². The van der Waals surface area contributed by atoms with Gasteiger partial charge in [0.15, 0.2) is 11.4 Å². The molecule has 3 aromatic rings. The molecule has 0 amide bonds. The summed E-state index contributed by atoms with van der Waals surface area (Å²) in [7, 11) is 0. The molecule has 2 N–H and O–H groups in total. The zero-order valence-corrected chi connectivity index (χ0v) is 11.5. The average molecular weight is 300 g/mol. The Bertz CT molecular complexity index is 832. The Morgan fingerprint density at radius 1 is 0.905 bits per heavy atom. The Hall–Kier alpha value is -2.66. The molecule has 0 unspecified atom stereocenters. The van der Waals surface area contributed by atoms with Crippen LogP contribution >= 0.6 is 11.6 Å². The van der Waals surface area contributed by atoms with Crippen molar-refractivity contribution in [2.75, 3.05) is 0 Å². The van der Waals surface area contributed by atoms with Gasteiger partial charge in [-0.3, -0.25) is 0 Å². The lowest BCUT2D eigenvalue weighted by Crippen LogP contribution is -1.81. The molecule has 0 spiro atoms. The van der Waals surface area contributed by atoms with E-state index in [4.69, 9.17) is 11.6 Å². The standard InChI is InChI=1S/C15H10ClN3O2/c16-9-5-7-10(8-6-9)18-19-13-14(20)11-3-1-2-4-12(11)17-15(13)21/h1-8H,(H2,17,20,21). The molecule has 5 nitrogen and oxygen atoms in total. The summed E-state index contributed by atoms with van der Waals surface area (Å²) in [4.78, 5) is 3.98. The molecular weight excluding hydrogens is 290 g/mol. The Labute approximate surface area is 125 Å². The van der Waals surface area contributed by atoms with Crippen LogP contribution in [0.3, 0.4) is 0 Å². The molecule has 104 valence electrons. The fourth-order valence-electron chi connectivity index (χ4n) is 1.88. The molecule has 21 heavy (non-hydrogen) atoms. The third kappa shape index (κ3) is 2.64. The molecule has 0 radical (unpaired) electrons. The van der Waals surface area contributed by atoms with Crippen LogP contribution in [0.25, 0.3) is 10.9 Å². The molecule has 3 rings (SSSR count). The van der Waals surface area contributed by atoms with Gasteiger partial charge in [0.05, 0.1) is 11.2 Å². The fraction of sp³-hybridized carbons (Fsp3) is 0. The first-order chi connectivity index (χ1) is 10.1. The van der Waals surface area contributed by atoms with E-state index >= 15 is 0 Å². The highest BCUT2D eigenvalue weighted by molar-refractivity contribution is 6.30. The first-order valence-electron chi connectivity index (χ1n) is 6.13. The highest BCUT2D eigenvalue weighted by atomic mass is 35.5. The largest absolute Gasteiger partial charge is 0.505 e. The fourth-order valence-corrected chi connectivity index (χ4v) is 2.01. The number of aromatic hydroxyl groups is 2. The molecular formula is C15H10ClN3O2. The van der Waals surface area contributed by atoms with Gasteiger partial charge in [0.2, 0.25) is 5.88 Å². The second-order valence-electron chi connectivity index (χ2n) is 4.33. The first-order valence-corrected chi connectivity index (χ1v) is 6.51. The van der Waals surface area contributed by atoms with Crippen molar-refractivity contribution in [2.24, 2.45) is 10.2 Å². The number of para-hydroxylation sites is 1. The molecule has 0 fully saturated rings. The molecule has 0 saturated heterocycles. The van der Waals surface area contributed by atoms with Gasteiger partial charge in [-0.2, -0.15) is 5.11 Å². The molecule has 1 heterocycles. The lowest BCUT2D eigenvalue weighted by molar-refractivity contribution is 0.442. The Kier molecular flexibility index (Phi) is 3.41. The summed E-state index contributed by atoms with van der Waals surface area (Å²) in [6.07, 6.45) is 0. The smallest absolute Gasteiger partial charge is 0.243 e.